The number of aromatic hydroxyl groups is 1. The van der Waals surface area contributed by atoms with Gasteiger partial charge in [0.05, 0.1) is 16.9 Å². The van der Waals surface area contributed by atoms with E-state index in [0.717, 1.165) is 0 Å². The van der Waals surface area contributed by atoms with Crippen molar-refractivity contribution in [3.05, 3.63) is 47.5 Å². The molecule has 7 nitrogen and oxygen atoms in total. The Labute approximate surface area is 127 Å². The van der Waals surface area contributed by atoms with Crippen LogP contribution in [0.15, 0.2) is 41.3 Å². The first-order valence-electron chi connectivity index (χ1n) is 6.23. The highest BCUT2D eigenvalue weighted by atomic mass is 32.2. The Bertz CT molecular complexity index is 847. The van der Waals surface area contributed by atoms with Crippen LogP contribution in [0.1, 0.15) is 15.9 Å². The van der Waals surface area contributed by atoms with Gasteiger partial charge in [-0.25, -0.2) is 8.42 Å². The fraction of sp³-hybridized carbons (Fsp3) is 0.0714. The Morgan fingerprint density at radius 2 is 1.86 bits per heavy atom. The summed E-state index contributed by atoms with van der Waals surface area (Å²) in [4.78, 5) is 11.2. The molecule has 0 heterocycles. The molecule has 2 rings (SSSR count). The lowest BCUT2D eigenvalue weighted by molar-refractivity contribution is 0.0997. The van der Waals surface area contributed by atoms with E-state index in [2.05, 4.69) is 4.72 Å². The van der Waals surface area contributed by atoms with E-state index in [4.69, 9.17) is 11.5 Å². The van der Waals surface area contributed by atoms with E-state index in [1.54, 1.807) is 12.1 Å². The van der Waals surface area contributed by atoms with Crippen LogP contribution >= 0.6 is 0 Å². The summed E-state index contributed by atoms with van der Waals surface area (Å²) in [6.45, 7) is 1.52. The van der Waals surface area contributed by atoms with E-state index in [-0.39, 0.29) is 27.6 Å². The monoisotopic (exact) mass is 321 g/mol. The lowest BCUT2D eigenvalue weighted by Crippen LogP contribution is -2.16. The van der Waals surface area contributed by atoms with Gasteiger partial charge in [0.25, 0.3) is 15.9 Å². The average Bonchev–Trinajstić information content (AvgIpc) is 2.42. The summed E-state index contributed by atoms with van der Waals surface area (Å²) in [6, 6.07) is 8.54. The summed E-state index contributed by atoms with van der Waals surface area (Å²) >= 11 is 0. The van der Waals surface area contributed by atoms with Gasteiger partial charge in [0, 0.05) is 0 Å². The van der Waals surface area contributed by atoms with Gasteiger partial charge in [0.15, 0.2) is 0 Å². The smallest absolute Gasteiger partial charge is 0.263 e. The van der Waals surface area contributed by atoms with Gasteiger partial charge in [-0.05, 0) is 36.8 Å². The number of hydrogen-bond donors (Lipinski definition) is 4. The summed E-state index contributed by atoms with van der Waals surface area (Å²) < 4.78 is 27.0. The predicted molar refractivity (Wildman–Crippen MR) is 83.0 cm³/mol. The third-order valence-electron chi connectivity index (χ3n) is 3.03. The standard InChI is InChI=1S/C14H15N3O4S/c1-8-6-9(7-10(13(8)18)14(16)19)17-22(20,21)12-5-3-2-4-11(12)15/h2-7,17-18H,15H2,1H3,(H2,16,19). The first-order valence-corrected chi connectivity index (χ1v) is 7.71. The number of benzene rings is 2. The fourth-order valence-electron chi connectivity index (χ4n) is 1.96. The van der Waals surface area contributed by atoms with Crippen molar-refractivity contribution in [1.82, 2.24) is 0 Å². The number of aryl methyl sites for hydroxylation is 1. The molecule has 2 aromatic carbocycles. The normalized spacial score (nSPS) is 11.1. The van der Waals surface area contributed by atoms with Crippen LogP contribution in [0.3, 0.4) is 0 Å². The molecule has 0 bridgehead atoms. The maximum Gasteiger partial charge on any atom is 0.263 e. The minimum absolute atomic E-state index is 0.0821. The van der Waals surface area contributed by atoms with E-state index in [1.807, 2.05) is 0 Å². The Kier molecular flexibility index (Phi) is 3.96. The van der Waals surface area contributed by atoms with Crippen LogP contribution in [-0.2, 0) is 10.0 Å². The lowest BCUT2D eigenvalue weighted by Gasteiger charge is -2.12. The summed E-state index contributed by atoms with van der Waals surface area (Å²) in [5.74, 6) is -1.14. The third-order valence-corrected chi connectivity index (χ3v) is 4.48. The van der Waals surface area contributed by atoms with Crippen LogP contribution in [0, 0.1) is 6.92 Å². The van der Waals surface area contributed by atoms with Crippen LogP contribution in [-0.4, -0.2) is 19.4 Å². The van der Waals surface area contributed by atoms with Gasteiger partial charge in [-0.15, -0.1) is 0 Å². The molecule has 0 aromatic heterocycles. The molecule has 0 aliphatic carbocycles. The van der Waals surface area contributed by atoms with Gasteiger partial charge < -0.3 is 16.6 Å². The van der Waals surface area contributed by atoms with Crippen molar-refractivity contribution < 1.29 is 18.3 Å². The molecule has 6 N–H and O–H groups in total. The molecule has 0 aliphatic rings. The molecule has 0 unspecified atom stereocenters. The molecule has 0 atom stereocenters. The second-order valence-electron chi connectivity index (χ2n) is 4.70. The Hall–Kier alpha value is -2.74. The number of nitrogen functional groups attached to an aromatic ring is 1. The van der Waals surface area contributed by atoms with E-state index in [9.17, 15) is 18.3 Å². The van der Waals surface area contributed by atoms with E-state index >= 15 is 0 Å². The van der Waals surface area contributed by atoms with Crippen molar-refractivity contribution >= 4 is 27.3 Å². The molecule has 0 spiro atoms. The van der Waals surface area contributed by atoms with Crippen molar-refractivity contribution in [2.45, 2.75) is 11.8 Å². The number of phenols is 1. The molecule has 1 amide bonds. The Balaban J connectivity index is 2.47. The number of sulfonamides is 1. The number of anilines is 2. The third kappa shape index (κ3) is 2.96. The maximum absolute atomic E-state index is 12.3. The number of amides is 1. The second-order valence-corrected chi connectivity index (χ2v) is 6.35. The molecule has 116 valence electrons. The van der Waals surface area contributed by atoms with E-state index in [1.165, 1.54) is 31.2 Å². The van der Waals surface area contributed by atoms with Gasteiger partial charge in [0.2, 0.25) is 0 Å². The largest absolute Gasteiger partial charge is 0.507 e. The Morgan fingerprint density at radius 1 is 1.23 bits per heavy atom. The van der Waals surface area contributed by atoms with E-state index in [0.29, 0.717) is 5.56 Å². The van der Waals surface area contributed by atoms with Crippen LogP contribution in [0.5, 0.6) is 5.75 Å². The van der Waals surface area contributed by atoms with Gasteiger partial charge in [-0.2, -0.15) is 0 Å². The predicted octanol–water partition coefficient (Wildman–Crippen LogP) is 1.18. The molecular formula is C14H15N3O4S. The van der Waals surface area contributed by atoms with Crippen molar-refractivity contribution in [1.29, 1.82) is 0 Å². The zero-order chi connectivity index (χ0) is 16.5. The first-order chi connectivity index (χ1) is 10.2. The van der Waals surface area contributed by atoms with Crippen molar-refractivity contribution in [3.8, 4) is 5.75 Å². The number of hydrogen-bond acceptors (Lipinski definition) is 5. The summed E-state index contributed by atoms with van der Waals surface area (Å²) in [5, 5.41) is 9.75. The van der Waals surface area contributed by atoms with Crippen molar-refractivity contribution in [2.24, 2.45) is 5.73 Å². The molecular weight excluding hydrogens is 306 g/mol. The van der Waals surface area contributed by atoms with Gasteiger partial charge >= 0.3 is 0 Å². The zero-order valence-corrected chi connectivity index (χ0v) is 12.5. The van der Waals surface area contributed by atoms with Gasteiger partial charge in [-0.3, -0.25) is 9.52 Å². The average molecular weight is 321 g/mol. The summed E-state index contributed by atoms with van der Waals surface area (Å²) in [7, 11) is -3.92. The number of nitrogens with two attached hydrogens (primary N) is 2. The van der Waals surface area contributed by atoms with Crippen molar-refractivity contribution in [2.75, 3.05) is 10.5 Å². The topological polar surface area (TPSA) is 136 Å². The molecule has 0 saturated heterocycles. The van der Waals surface area contributed by atoms with Crippen LogP contribution in [0.2, 0.25) is 0 Å². The van der Waals surface area contributed by atoms with E-state index < -0.39 is 15.9 Å². The van der Waals surface area contributed by atoms with Gasteiger partial charge in [-0.1, -0.05) is 12.1 Å². The minimum Gasteiger partial charge on any atom is -0.507 e. The number of carbonyl (C=O) groups is 1. The van der Waals surface area contributed by atoms with Crippen LogP contribution in [0.25, 0.3) is 0 Å². The first kappa shape index (κ1) is 15.6. The highest BCUT2D eigenvalue weighted by molar-refractivity contribution is 7.92. The SMILES string of the molecule is Cc1cc(NS(=O)(=O)c2ccccc2N)cc(C(N)=O)c1O. The van der Waals surface area contributed by atoms with Crippen molar-refractivity contribution in [3.63, 3.8) is 0 Å². The molecule has 2 aromatic rings. The number of rotatable bonds is 4. The molecule has 0 aliphatic heterocycles. The molecule has 0 fully saturated rings. The zero-order valence-electron chi connectivity index (χ0n) is 11.7. The lowest BCUT2D eigenvalue weighted by atomic mass is 10.1. The maximum atomic E-state index is 12.3. The summed E-state index contributed by atoms with van der Waals surface area (Å²) in [5.41, 5.74) is 11.2. The fourth-order valence-corrected chi connectivity index (χ4v) is 3.14. The number of nitrogens with one attached hydrogen (secondary N) is 1. The molecule has 8 heteroatoms. The summed E-state index contributed by atoms with van der Waals surface area (Å²) in [6.07, 6.45) is 0. The molecule has 0 saturated carbocycles. The Morgan fingerprint density at radius 3 is 2.45 bits per heavy atom. The molecule has 22 heavy (non-hydrogen) atoms. The number of carbonyl (C=O) groups excluding carboxylic acids is 1. The number of para-hydroxylation sites is 1. The number of primary amides is 1. The highest BCUT2D eigenvalue weighted by Crippen LogP contribution is 2.28. The minimum atomic E-state index is -3.92. The second kappa shape index (κ2) is 5.57. The van der Waals surface area contributed by atoms with Crippen LogP contribution < -0.4 is 16.2 Å². The van der Waals surface area contributed by atoms with Gasteiger partial charge in [0.1, 0.15) is 10.6 Å². The molecule has 0 radical (unpaired) electrons. The quantitative estimate of drug-likeness (QED) is 0.495. The van der Waals surface area contributed by atoms with Crippen LogP contribution in [0.4, 0.5) is 11.4 Å². The highest BCUT2D eigenvalue weighted by Gasteiger charge is 2.19.